The van der Waals surface area contributed by atoms with E-state index in [4.69, 9.17) is 10.5 Å². The molecular formula is C9H15N3O2. The monoisotopic (exact) mass is 197 g/mol. The third-order valence-corrected chi connectivity index (χ3v) is 2.17. The van der Waals surface area contributed by atoms with Gasteiger partial charge in [0.05, 0.1) is 0 Å². The zero-order valence-electron chi connectivity index (χ0n) is 8.63. The van der Waals surface area contributed by atoms with E-state index in [1.54, 1.807) is 7.11 Å². The van der Waals surface area contributed by atoms with Crippen LogP contribution in [0.1, 0.15) is 25.2 Å². The van der Waals surface area contributed by atoms with E-state index >= 15 is 0 Å². The average molecular weight is 197 g/mol. The van der Waals surface area contributed by atoms with Crippen LogP contribution < -0.4 is 11.3 Å². The summed E-state index contributed by atoms with van der Waals surface area (Å²) < 4.78 is 5.19. The van der Waals surface area contributed by atoms with Crippen molar-refractivity contribution < 1.29 is 4.74 Å². The Bertz CT molecular complexity index is 371. The second-order valence-electron chi connectivity index (χ2n) is 3.50. The van der Waals surface area contributed by atoms with E-state index in [1.165, 1.54) is 6.20 Å². The van der Waals surface area contributed by atoms with E-state index in [0.29, 0.717) is 11.4 Å². The molecule has 0 bridgehead atoms. The predicted octanol–water partition coefficient (Wildman–Crippen LogP) is 0.110. The average Bonchev–Trinajstić information content (AvgIpc) is 2.17. The molecule has 0 amide bonds. The van der Waals surface area contributed by atoms with Crippen LogP contribution in [0.2, 0.25) is 0 Å². The smallest absolute Gasteiger partial charge is 0.255 e. The molecule has 0 saturated heterocycles. The summed E-state index contributed by atoms with van der Waals surface area (Å²) in [5, 5.41) is 0. The molecule has 1 aromatic rings. The normalized spacial score (nSPS) is 11.7. The van der Waals surface area contributed by atoms with Gasteiger partial charge in [-0.2, -0.15) is 0 Å². The molecule has 0 aliphatic heterocycles. The number of nitrogens with two attached hydrogens (primary N) is 1. The molecule has 1 heterocycles. The van der Waals surface area contributed by atoms with Crippen LogP contribution in [0.25, 0.3) is 0 Å². The summed E-state index contributed by atoms with van der Waals surface area (Å²) in [5.74, 6) is 0.502. The number of methoxy groups -OCH3 is 1. The van der Waals surface area contributed by atoms with E-state index in [-0.39, 0.29) is 12.1 Å². The molecule has 1 rings (SSSR count). The summed E-state index contributed by atoms with van der Waals surface area (Å²) >= 11 is 0. The molecule has 0 unspecified atom stereocenters. The highest BCUT2D eigenvalue weighted by Gasteiger charge is 2.22. The fourth-order valence-corrected chi connectivity index (χ4v) is 0.969. The number of nitrogens with zero attached hydrogens (tertiary/aromatic N) is 1. The Morgan fingerprint density at radius 2 is 2.29 bits per heavy atom. The van der Waals surface area contributed by atoms with Crippen LogP contribution in [-0.4, -0.2) is 17.1 Å². The van der Waals surface area contributed by atoms with Crippen LogP contribution in [-0.2, 0) is 16.9 Å². The third-order valence-electron chi connectivity index (χ3n) is 2.17. The van der Waals surface area contributed by atoms with Gasteiger partial charge in [-0.1, -0.05) is 0 Å². The highest BCUT2D eigenvalue weighted by molar-refractivity contribution is 5.08. The molecule has 0 saturated carbocycles. The van der Waals surface area contributed by atoms with Crippen molar-refractivity contribution in [2.45, 2.75) is 26.0 Å². The molecule has 0 aromatic carbocycles. The van der Waals surface area contributed by atoms with Crippen LogP contribution in [0.3, 0.4) is 0 Å². The third kappa shape index (κ3) is 2.00. The molecule has 0 radical (unpaired) electrons. The number of aromatic nitrogens is 2. The van der Waals surface area contributed by atoms with Gasteiger partial charge in [-0.15, -0.1) is 0 Å². The summed E-state index contributed by atoms with van der Waals surface area (Å²) in [7, 11) is 1.57. The Morgan fingerprint density at radius 3 is 2.71 bits per heavy atom. The van der Waals surface area contributed by atoms with Gasteiger partial charge in [0.2, 0.25) is 0 Å². The van der Waals surface area contributed by atoms with Crippen molar-refractivity contribution in [2.75, 3.05) is 7.11 Å². The Kier molecular flexibility index (Phi) is 3.03. The zero-order valence-corrected chi connectivity index (χ0v) is 8.63. The van der Waals surface area contributed by atoms with Crippen molar-refractivity contribution >= 4 is 0 Å². The first-order valence-electron chi connectivity index (χ1n) is 4.35. The number of nitrogens with one attached hydrogen (secondary N) is 1. The van der Waals surface area contributed by atoms with Crippen LogP contribution in [0.15, 0.2) is 11.0 Å². The molecule has 1 aromatic heterocycles. The van der Waals surface area contributed by atoms with Gasteiger partial charge in [-0.05, 0) is 13.8 Å². The molecule has 5 heteroatoms. The Balaban J connectivity index is 3.15. The highest BCUT2D eigenvalue weighted by atomic mass is 16.5. The lowest BCUT2D eigenvalue weighted by atomic mass is 10.1. The van der Waals surface area contributed by atoms with Crippen molar-refractivity contribution in [3.8, 4) is 0 Å². The van der Waals surface area contributed by atoms with Gasteiger partial charge in [0.15, 0.2) is 0 Å². The van der Waals surface area contributed by atoms with Crippen LogP contribution >= 0.6 is 0 Å². The van der Waals surface area contributed by atoms with E-state index < -0.39 is 5.60 Å². The fraction of sp³-hybridized carbons (Fsp3) is 0.556. The second kappa shape index (κ2) is 3.89. The minimum Gasteiger partial charge on any atom is -0.371 e. The van der Waals surface area contributed by atoms with Crippen molar-refractivity contribution in [2.24, 2.45) is 5.73 Å². The molecule has 14 heavy (non-hydrogen) atoms. The molecule has 0 aliphatic carbocycles. The summed E-state index contributed by atoms with van der Waals surface area (Å²) in [5.41, 5.74) is 5.03. The van der Waals surface area contributed by atoms with Crippen LogP contribution in [0.4, 0.5) is 0 Å². The maximum Gasteiger partial charge on any atom is 0.255 e. The van der Waals surface area contributed by atoms with Gasteiger partial charge < -0.3 is 15.5 Å². The lowest BCUT2D eigenvalue weighted by Crippen LogP contribution is -2.28. The molecular weight excluding hydrogens is 182 g/mol. The number of aromatic amines is 1. The lowest BCUT2D eigenvalue weighted by molar-refractivity contribution is 0.0112. The first-order chi connectivity index (χ1) is 6.51. The molecule has 5 nitrogen and oxygen atoms in total. The molecule has 78 valence electrons. The minimum atomic E-state index is -0.591. The van der Waals surface area contributed by atoms with Gasteiger partial charge in [-0.3, -0.25) is 4.79 Å². The van der Waals surface area contributed by atoms with Gasteiger partial charge in [0.1, 0.15) is 11.4 Å². The first kappa shape index (κ1) is 10.9. The predicted molar refractivity (Wildman–Crippen MR) is 52.8 cm³/mol. The van der Waals surface area contributed by atoms with Crippen LogP contribution in [0.5, 0.6) is 0 Å². The Labute approximate surface area is 82.3 Å². The molecule has 0 aliphatic rings. The summed E-state index contributed by atoms with van der Waals surface area (Å²) in [4.78, 5) is 18.1. The molecule has 0 atom stereocenters. The standard InChI is InChI=1S/C9H15N3O2/c1-9(2,14-3)8-11-5-6(4-10)7(13)12-8/h5H,4,10H2,1-3H3,(H,11,12,13). The maximum atomic E-state index is 11.4. The number of ether oxygens (including phenoxy) is 1. The van der Waals surface area contributed by atoms with E-state index in [1.807, 2.05) is 13.8 Å². The van der Waals surface area contributed by atoms with Crippen molar-refractivity contribution in [1.82, 2.24) is 9.97 Å². The Hall–Kier alpha value is -1.20. The zero-order chi connectivity index (χ0) is 10.8. The van der Waals surface area contributed by atoms with Gasteiger partial charge in [-0.25, -0.2) is 4.98 Å². The molecule has 0 spiro atoms. The van der Waals surface area contributed by atoms with Crippen molar-refractivity contribution in [3.05, 3.63) is 27.9 Å². The Morgan fingerprint density at radius 1 is 1.64 bits per heavy atom. The lowest BCUT2D eigenvalue weighted by Gasteiger charge is -2.21. The molecule has 0 fully saturated rings. The van der Waals surface area contributed by atoms with Gasteiger partial charge in [0.25, 0.3) is 5.56 Å². The number of hydrogen-bond acceptors (Lipinski definition) is 4. The largest absolute Gasteiger partial charge is 0.371 e. The number of hydrogen-bond donors (Lipinski definition) is 2. The molecule has 3 N–H and O–H groups in total. The fourth-order valence-electron chi connectivity index (χ4n) is 0.969. The van der Waals surface area contributed by atoms with E-state index in [0.717, 1.165) is 0 Å². The van der Waals surface area contributed by atoms with Crippen LogP contribution in [0, 0.1) is 0 Å². The second-order valence-corrected chi connectivity index (χ2v) is 3.50. The quantitative estimate of drug-likeness (QED) is 0.720. The SMILES string of the molecule is COC(C)(C)c1ncc(CN)c(=O)[nH]1. The topological polar surface area (TPSA) is 81.0 Å². The minimum absolute atomic E-state index is 0.191. The van der Waals surface area contributed by atoms with Crippen molar-refractivity contribution in [3.63, 3.8) is 0 Å². The van der Waals surface area contributed by atoms with Crippen molar-refractivity contribution in [1.29, 1.82) is 0 Å². The first-order valence-corrected chi connectivity index (χ1v) is 4.35. The summed E-state index contributed by atoms with van der Waals surface area (Å²) in [6, 6.07) is 0. The van der Waals surface area contributed by atoms with E-state index in [9.17, 15) is 4.79 Å². The van der Waals surface area contributed by atoms with Gasteiger partial charge in [0, 0.05) is 25.4 Å². The maximum absolute atomic E-state index is 11.4. The summed E-state index contributed by atoms with van der Waals surface area (Å²) in [6.07, 6.45) is 1.48. The van der Waals surface area contributed by atoms with E-state index in [2.05, 4.69) is 9.97 Å². The van der Waals surface area contributed by atoms with Gasteiger partial charge >= 0.3 is 0 Å². The highest BCUT2D eigenvalue weighted by Crippen LogP contribution is 2.17. The number of rotatable bonds is 3. The number of H-pyrrole nitrogens is 1. The summed E-state index contributed by atoms with van der Waals surface area (Å²) in [6.45, 7) is 3.84.